The van der Waals surface area contributed by atoms with E-state index in [1.54, 1.807) is 0 Å². The normalized spacial score (nSPS) is 13.7. The molecule has 1 atom stereocenters. The molecule has 0 aromatic heterocycles. The lowest BCUT2D eigenvalue weighted by Gasteiger charge is -2.17. The van der Waals surface area contributed by atoms with Crippen molar-refractivity contribution in [3.05, 3.63) is 59.7 Å². The van der Waals surface area contributed by atoms with Gasteiger partial charge in [0.2, 0.25) is 0 Å². The van der Waals surface area contributed by atoms with Gasteiger partial charge in [-0.25, -0.2) is 9.59 Å². The smallest absolute Gasteiger partial charge is 0.407 e. The van der Waals surface area contributed by atoms with Crippen LogP contribution in [0.25, 0.3) is 11.1 Å². The number of rotatable bonds is 8. The molecule has 0 bridgehead atoms. The molecule has 2 N–H and O–H groups in total. The van der Waals surface area contributed by atoms with Crippen LogP contribution in [0.3, 0.4) is 0 Å². The molecule has 2 aromatic rings. The molecule has 0 spiro atoms. The molecule has 0 aliphatic heterocycles. The molecule has 0 heterocycles. The van der Waals surface area contributed by atoms with E-state index in [1.165, 1.54) is 0 Å². The fourth-order valence-corrected chi connectivity index (χ4v) is 3.77. The minimum Gasteiger partial charge on any atom is -0.480 e. The van der Waals surface area contributed by atoms with E-state index < -0.39 is 18.1 Å². The Balaban J connectivity index is 1.62. The van der Waals surface area contributed by atoms with Gasteiger partial charge in [0.25, 0.3) is 0 Å². The predicted octanol–water partition coefficient (Wildman–Crippen LogP) is 4.80. The van der Waals surface area contributed by atoms with Gasteiger partial charge >= 0.3 is 12.1 Å². The summed E-state index contributed by atoms with van der Waals surface area (Å²) in [5, 5.41) is 11.9. The molecule has 1 aliphatic rings. The van der Waals surface area contributed by atoms with Crippen LogP contribution in [0.4, 0.5) is 4.79 Å². The lowest BCUT2D eigenvalue weighted by Crippen LogP contribution is -2.41. The van der Waals surface area contributed by atoms with E-state index in [2.05, 4.69) is 31.3 Å². The first kappa shape index (κ1) is 19.9. The number of hydrogen-bond acceptors (Lipinski definition) is 3. The second kappa shape index (κ2) is 8.91. The van der Waals surface area contributed by atoms with Crippen molar-refractivity contribution >= 4 is 12.1 Å². The van der Waals surface area contributed by atoms with Crippen LogP contribution in [-0.4, -0.2) is 29.8 Å². The van der Waals surface area contributed by atoms with E-state index in [4.69, 9.17) is 4.74 Å². The maximum atomic E-state index is 12.2. The molecule has 0 fully saturated rings. The van der Waals surface area contributed by atoms with Crippen LogP contribution in [0.15, 0.2) is 48.5 Å². The number of hydrogen-bond donors (Lipinski definition) is 2. The third-order valence-electron chi connectivity index (χ3n) is 5.21. The number of carboxylic acids is 1. The average molecular weight is 381 g/mol. The minimum atomic E-state index is -1.03. The van der Waals surface area contributed by atoms with Crippen molar-refractivity contribution in [2.75, 3.05) is 6.61 Å². The number of ether oxygens (including phenoxy) is 1. The van der Waals surface area contributed by atoms with E-state index in [-0.39, 0.29) is 12.5 Å². The van der Waals surface area contributed by atoms with Crippen LogP contribution < -0.4 is 5.32 Å². The van der Waals surface area contributed by atoms with Crippen molar-refractivity contribution in [2.45, 2.75) is 45.1 Å². The summed E-state index contributed by atoms with van der Waals surface area (Å²) in [7, 11) is 0. The second-order valence-corrected chi connectivity index (χ2v) is 7.69. The van der Waals surface area contributed by atoms with Gasteiger partial charge in [0.15, 0.2) is 0 Å². The van der Waals surface area contributed by atoms with Crippen LogP contribution in [0.2, 0.25) is 0 Å². The number of carbonyl (C=O) groups excluding carboxylic acids is 1. The second-order valence-electron chi connectivity index (χ2n) is 7.69. The fraction of sp³-hybridized carbons (Fsp3) is 0.391. The summed E-state index contributed by atoms with van der Waals surface area (Å²) in [6.45, 7) is 4.36. The molecule has 1 aliphatic carbocycles. The number of benzene rings is 2. The van der Waals surface area contributed by atoms with Crippen molar-refractivity contribution in [2.24, 2.45) is 5.92 Å². The molecule has 0 unspecified atom stereocenters. The Morgan fingerprint density at radius 1 is 1.00 bits per heavy atom. The Labute approximate surface area is 165 Å². The third kappa shape index (κ3) is 4.53. The van der Waals surface area contributed by atoms with E-state index >= 15 is 0 Å². The summed E-state index contributed by atoms with van der Waals surface area (Å²) in [5.74, 6) is -0.566. The molecule has 5 nitrogen and oxygen atoms in total. The lowest BCUT2D eigenvalue weighted by atomic mass is 9.98. The molecule has 0 saturated carbocycles. The fourth-order valence-electron chi connectivity index (χ4n) is 3.77. The van der Waals surface area contributed by atoms with Gasteiger partial charge in [-0.05, 0) is 34.6 Å². The van der Waals surface area contributed by atoms with E-state index in [0.717, 1.165) is 35.1 Å². The molecule has 148 valence electrons. The minimum absolute atomic E-state index is 0.0395. The lowest BCUT2D eigenvalue weighted by molar-refractivity contribution is -0.139. The molecule has 3 rings (SSSR count). The average Bonchev–Trinajstić information content (AvgIpc) is 2.99. The van der Waals surface area contributed by atoms with Gasteiger partial charge in [-0.15, -0.1) is 0 Å². The van der Waals surface area contributed by atoms with Crippen molar-refractivity contribution in [3.8, 4) is 11.1 Å². The van der Waals surface area contributed by atoms with Crippen molar-refractivity contribution in [3.63, 3.8) is 0 Å². The van der Waals surface area contributed by atoms with Gasteiger partial charge in [-0.1, -0.05) is 75.2 Å². The molecular formula is C23H27NO4. The van der Waals surface area contributed by atoms with Crippen LogP contribution >= 0.6 is 0 Å². The van der Waals surface area contributed by atoms with Crippen molar-refractivity contribution in [1.29, 1.82) is 0 Å². The SMILES string of the molecule is CC(C)CCC[C@H](NC(=O)OCC1c2ccccc2-c2ccccc21)C(=O)O. The van der Waals surface area contributed by atoms with Crippen molar-refractivity contribution < 1.29 is 19.4 Å². The number of nitrogens with one attached hydrogen (secondary N) is 1. The molecular weight excluding hydrogens is 354 g/mol. The van der Waals surface area contributed by atoms with Crippen molar-refractivity contribution in [1.82, 2.24) is 5.32 Å². The molecule has 0 radical (unpaired) electrons. The number of aliphatic carboxylic acids is 1. The highest BCUT2D eigenvalue weighted by Gasteiger charge is 2.29. The molecule has 0 saturated heterocycles. The Morgan fingerprint density at radius 2 is 1.57 bits per heavy atom. The molecule has 5 heteroatoms. The molecule has 2 aromatic carbocycles. The highest BCUT2D eigenvalue weighted by molar-refractivity contribution is 5.81. The maximum absolute atomic E-state index is 12.2. The maximum Gasteiger partial charge on any atom is 0.407 e. The van der Waals surface area contributed by atoms with Gasteiger partial charge in [-0.3, -0.25) is 0 Å². The Kier molecular flexibility index (Phi) is 6.34. The zero-order valence-electron chi connectivity index (χ0n) is 16.4. The van der Waals surface area contributed by atoms with E-state index in [1.807, 2.05) is 36.4 Å². The number of carboxylic acid groups (broad SMARTS) is 1. The van der Waals surface area contributed by atoms with Crippen LogP contribution in [-0.2, 0) is 9.53 Å². The summed E-state index contributed by atoms with van der Waals surface area (Å²) >= 11 is 0. The summed E-state index contributed by atoms with van der Waals surface area (Å²) in [6.07, 6.45) is 1.39. The first-order valence-corrected chi connectivity index (χ1v) is 9.81. The number of fused-ring (bicyclic) bond motifs is 3. The summed E-state index contributed by atoms with van der Waals surface area (Å²) in [4.78, 5) is 23.7. The molecule has 1 amide bonds. The number of amides is 1. The van der Waals surface area contributed by atoms with E-state index in [0.29, 0.717) is 12.3 Å². The Bertz CT molecular complexity index is 801. The van der Waals surface area contributed by atoms with Crippen LogP contribution in [0, 0.1) is 5.92 Å². The Hall–Kier alpha value is -2.82. The van der Waals surface area contributed by atoms with Gasteiger partial charge < -0.3 is 15.2 Å². The van der Waals surface area contributed by atoms with Gasteiger partial charge in [0.05, 0.1) is 0 Å². The van der Waals surface area contributed by atoms with E-state index in [9.17, 15) is 14.7 Å². The first-order chi connectivity index (χ1) is 13.5. The van der Waals surface area contributed by atoms with Gasteiger partial charge in [0, 0.05) is 5.92 Å². The number of alkyl carbamates (subject to hydrolysis) is 1. The standard InChI is InChI=1S/C23H27NO4/c1-15(2)8-7-13-21(22(25)26)24-23(27)28-14-20-18-11-5-3-9-16(18)17-10-4-6-12-19(17)20/h3-6,9-12,15,20-21H,7-8,13-14H2,1-2H3,(H,24,27)(H,25,26)/t21-/m0/s1. The predicted molar refractivity (Wildman–Crippen MR) is 108 cm³/mol. The van der Waals surface area contributed by atoms with Crippen LogP contribution in [0.1, 0.15) is 50.2 Å². The third-order valence-corrected chi connectivity index (χ3v) is 5.21. The largest absolute Gasteiger partial charge is 0.480 e. The number of carbonyl (C=O) groups is 2. The zero-order valence-corrected chi connectivity index (χ0v) is 16.4. The summed E-state index contributed by atoms with van der Waals surface area (Å²) in [6, 6.07) is 15.3. The molecule has 28 heavy (non-hydrogen) atoms. The Morgan fingerprint density at radius 3 is 2.11 bits per heavy atom. The zero-order chi connectivity index (χ0) is 20.1. The summed E-state index contributed by atoms with van der Waals surface area (Å²) in [5.41, 5.74) is 4.57. The topological polar surface area (TPSA) is 75.6 Å². The highest BCUT2D eigenvalue weighted by atomic mass is 16.5. The quantitative estimate of drug-likeness (QED) is 0.688. The summed E-state index contributed by atoms with van der Waals surface area (Å²) < 4.78 is 5.43. The van der Waals surface area contributed by atoms with Crippen LogP contribution in [0.5, 0.6) is 0 Å². The highest BCUT2D eigenvalue weighted by Crippen LogP contribution is 2.44. The first-order valence-electron chi connectivity index (χ1n) is 9.81. The monoisotopic (exact) mass is 381 g/mol. The van der Waals surface area contributed by atoms with Gasteiger partial charge in [0.1, 0.15) is 12.6 Å². The van der Waals surface area contributed by atoms with Gasteiger partial charge in [-0.2, -0.15) is 0 Å².